The molecular formula is C17H27NO2. The normalized spacial score (nSPS) is 19.6. The Hall–Kier alpha value is -1.06. The van der Waals surface area contributed by atoms with Crippen molar-refractivity contribution >= 4 is 0 Å². The van der Waals surface area contributed by atoms with Gasteiger partial charge in [-0.3, -0.25) is 0 Å². The van der Waals surface area contributed by atoms with E-state index in [0.29, 0.717) is 12.0 Å². The minimum absolute atomic E-state index is 0.245. The average molecular weight is 277 g/mol. The van der Waals surface area contributed by atoms with E-state index in [1.807, 2.05) is 6.92 Å². The third-order valence-electron chi connectivity index (χ3n) is 4.02. The lowest BCUT2D eigenvalue weighted by Gasteiger charge is -2.31. The average Bonchev–Trinajstić information content (AvgIpc) is 2.38. The van der Waals surface area contributed by atoms with Gasteiger partial charge in [-0.15, -0.1) is 0 Å². The highest BCUT2D eigenvalue weighted by molar-refractivity contribution is 5.50. The van der Waals surface area contributed by atoms with Crippen LogP contribution in [0.2, 0.25) is 0 Å². The molecule has 112 valence electrons. The van der Waals surface area contributed by atoms with E-state index in [9.17, 15) is 5.11 Å². The van der Waals surface area contributed by atoms with Gasteiger partial charge in [0.05, 0.1) is 12.7 Å². The van der Waals surface area contributed by atoms with Crippen LogP contribution in [0.5, 0.6) is 5.75 Å². The lowest BCUT2D eigenvalue weighted by Crippen LogP contribution is -2.30. The monoisotopic (exact) mass is 277 g/mol. The van der Waals surface area contributed by atoms with Crippen LogP contribution in [0.1, 0.15) is 62.3 Å². The molecule has 1 aliphatic heterocycles. The number of rotatable bonds is 5. The molecular weight excluding hydrogens is 250 g/mol. The molecule has 1 aliphatic rings. The Morgan fingerprint density at radius 3 is 2.75 bits per heavy atom. The number of ether oxygens (including phenoxy) is 1. The third kappa shape index (κ3) is 3.33. The molecule has 0 saturated heterocycles. The number of nitrogens with one attached hydrogen (secondary N) is 1. The summed E-state index contributed by atoms with van der Waals surface area (Å²) in [5.74, 6) is 1.56. The van der Waals surface area contributed by atoms with E-state index >= 15 is 0 Å². The first-order valence-corrected chi connectivity index (χ1v) is 7.68. The fraction of sp³-hybridized carbons (Fsp3) is 0.647. The number of aliphatic hydroxyl groups excluding tert-OH is 1. The summed E-state index contributed by atoms with van der Waals surface area (Å²) in [6, 6.07) is 4.74. The molecule has 0 radical (unpaired) electrons. The smallest absolute Gasteiger partial charge is 0.127 e. The van der Waals surface area contributed by atoms with Crippen LogP contribution in [0.25, 0.3) is 0 Å². The molecule has 3 heteroatoms. The van der Waals surface area contributed by atoms with Crippen molar-refractivity contribution in [2.24, 2.45) is 0 Å². The van der Waals surface area contributed by atoms with Crippen LogP contribution in [0.3, 0.4) is 0 Å². The highest BCUT2D eigenvalue weighted by atomic mass is 16.5. The molecule has 1 heterocycles. The zero-order valence-electron chi connectivity index (χ0n) is 13.1. The fourth-order valence-electron chi connectivity index (χ4n) is 2.86. The first-order valence-electron chi connectivity index (χ1n) is 7.68. The molecule has 0 bridgehead atoms. The molecule has 0 amide bonds. The van der Waals surface area contributed by atoms with Gasteiger partial charge in [-0.05, 0) is 43.9 Å². The summed E-state index contributed by atoms with van der Waals surface area (Å²) in [5.41, 5.74) is 3.90. The molecule has 2 rings (SSSR count). The fourth-order valence-corrected chi connectivity index (χ4v) is 2.86. The van der Waals surface area contributed by atoms with E-state index in [1.165, 1.54) is 16.7 Å². The third-order valence-corrected chi connectivity index (χ3v) is 4.02. The van der Waals surface area contributed by atoms with Crippen molar-refractivity contribution in [1.82, 2.24) is 5.32 Å². The van der Waals surface area contributed by atoms with Gasteiger partial charge in [0.1, 0.15) is 5.75 Å². The summed E-state index contributed by atoms with van der Waals surface area (Å²) >= 11 is 0. The molecule has 20 heavy (non-hydrogen) atoms. The van der Waals surface area contributed by atoms with Gasteiger partial charge >= 0.3 is 0 Å². The van der Waals surface area contributed by atoms with Gasteiger partial charge in [0.25, 0.3) is 0 Å². The van der Waals surface area contributed by atoms with Crippen LogP contribution < -0.4 is 10.1 Å². The molecule has 3 nitrogen and oxygen atoms in total. The topological polar surface area (TPSA) is 41.5 Å². The van der Waals surface area contributed by atoms with Crippen LogP contribution in [0.15, 0.2) is 12.1 Å². The van der Waals surface area contributed by atoms with E-state index in [4.69, 9.17) is 4.74 Å². The van der Waals surface area contributed by atoms with E-state index < -0.39 is 0 Å². The zero-order chi connectivity index (χ0) is 14.7. The number of hydrogen-bond acceptors (Lipinski definition) is 3. The minimum Gasteiger partial charge on any atom is -0.493 e. The summed E-state index contributed by atoms with van der Waals surface area (Å²) in [7, 11) is 0. The molecule has 0 aliphatic carbocycles. The summed E-state index contributed by atoms with van der Waals surface area (Å²) in [5, 5.41) is 13.0. The highest BCUT2D eigenvalue weighted by Gasteiger charge is 2.26. The maximum Gasteiger partial charge on any atom is 0.127 e. The largest absolute Gasteiger partial charge is 0.493 e. The van der Waals surface area contributed by atoms with Gasteiger partial charge in [0, 0.05) is 18.0 Å². The van der Waals surface area contributed by atoms with E-state index in [2.05, 4.69) is 38.2 Å². The number of benzene rings is 1. The SMILES string of the molecule is Cc1ccc(C(C)C)c2c1C(NCCC(C)O)CCO2. The summed E-state index contributed by atoms with van der Waals surface area (Å²) in [6.07, 6.45) is 1.54. The van der Waals surface area contributed by atoms with Crippen molar-refractivity contribution in [1.29, 1.82) is 0 Å². The summed E-state index contributed by atoms with van der Waals surface area (Å²) < 4.78 is 5.97. The maximum atomic E-state index is 9.38. The number of fused-ring (bicyclic) bond motifs is 1. The van der Waals surface area contributed by atoms with Crippen molar-refractivity contribution in [2.75, 3.05) is 13.2 Å². The predicted molar refractivity (Wildman–Crippen MR) is 82.4 cm³/mol. The quantitative estimate of drug-likeness (QED) is 0.867. The van der Waals surface area contributed by atoms with E-state index in [0.717, 1.165) is 31.7 Å². The van der Waals surface area contributed by atoms with Crippen molar-refractivity contribution in [2.45, 2.75) is 58.6 Å². The zero-order valence-corrected chi connectivity index (χ0v) is 13.1. The second-order valence-corrected chi connectivity index (χ2v) is 6.15. The number of aryl methyl sites for hydroxylation is 1. The summed E-state index contributed by atoms with van der Waals surface area (Å²) in [4.78, 5) is 0. The number of hydrogen-bond donors (Lipinski definition) is 2. The maximum absolute atomic E-state index is 9.38. The predicted octanol–water partition coefficient (Wildman–Crippen LogP) is 3.30. The van der Waals surface area contributed by atoms with Crippen LogP contribution >= 0.6 is 0 Å². The highest BCUT2D eigenvalue weighted by Crippen LogP contribution is 2.40. The first kappa shape index (κ1) is 15.3. The molecule has 2 unspecified atom stereocenters. The van der Waals surface area contributed by atoms with Crippen molar-refractivity contribution in [3.63, 3.8) is 0 Å². The second-order valence-electron chi connectivity index (χ2n) is 6.15. The van der Waals surface area contributed by atoms with Crippen LogP contribution in [0, 0.1) is 6.92 Å². The number of aliphatic hydroxyl groups is 1. The van der Waals surface area contributed by atoms with Gasteiger partial charge < -0.3 is 15.2 Å². The molecule has 0 saturated carbocycles. The molecule has 2 N–H and O–H groups in total. The minimum atomic E-state index is -0.245. The van der Waals surface area contributed by atoms with Gasteiger partial charge in [0.15, 0.2) is 0 Å². The molecule has 1 aromatic rings. The van der Waals surface area contributed by atoms with Gasteiger partial charge in [-0.1, -0.05) is 26.0 Å². The Labute approximate surface area is 122 Å². The van der Waals surface area contributed by atoms with Crippen LogP contribution in [-0.4, -0.2) is 24.4 Å². The molecule has 0 aromatic heterocycles. The van der Waals surface area contributed by atoms with Gasteiger partial charge in [-0.2, -0.15) is 0 Å². The Kier molecular flexibility index (Phi) is 5.06. The first-order chi connectivity index (χ1) is 9.50. The standard InChI is InChI=1S/C17H27NO2/c1-11(2)14-6-5-12(3)16-15(8-10-20-17(14)16)18-9-7-13(4)19/h5-6,11,13,15,18-19H,7-10H2,1-4H3. The molecule has 1 aromatic carbocycles. The van der Waals surface area contributed by atoms with Crippen LogP contribution in [-0.2, 0) is 0 Å². The molecule has 2 atom stereocenters. The Balaban J connectivity index is 2.23. The molecule has 0 spiro atoms. The molecule has 0 fully saturated rings. The van der Waals surface area contributed by atoms with E-state index in [1.54, 1.807) is 0 Å². The van der Waals surface area contributed by atoms with Crippen LogP contribution in [0.4, 0.5) is 0 Å². The second kappa shape index (κ2) is 6.59. The van der Waals surface area contributed by atoms with E-state index in [-0.39, 0.29) is 6.10 Å². The Morgan fingerprint density at radius 2 is 2.10 bits per heavy atom. The summed E-state index contributed by atoms with van der Waals surface area (Å²) in [6.45, 7) is 10.0. The van der Waals surface area contributed by atoms with Crippen molar-refractivity contribution in [3.8, 4) is 5.75 Å². The van der Waals surface area contributed by atoms with Crippen molar-refractivity contribution in [3.05, 3.63) is 28.8 Å². The van der Waals surface area contributed by atoms with Gasteiger partial charge in [-0.25, -0.2) is 0 Å². The Bertz CT molecular complexity index is 455. The Morgan fingerprint density at radius 1 is 1.35 bits per heavy atom. The lowest BCUT2D eigenvalue weighted by molar-refractivity contribution is 0.179. The lowest BCUT2D eigenvalue weighted by atomic mass is 9.89. The van der Waals surface area contributed by atoms with Crippen molar-refractivity contribution < 1.29 is 9.84 Å². The van der Waals surface area contributed by atoms with Gasteiger partial charge in [0.2, 0.25) is 0 Å².